The summed E-state index contributed by atoms with van der Waals surface area (Å²) in [6, 6.07) is 19.2. The van der Waals surface area contributed by atoms with Crippen molar-refractivity contribution in [1.29, 1.82) is 0 Å². The van der Waals surface area contributed by atoms with Gasteiger partial charge in [-0.2, -0.15) is 0 Å². The van der Waals surface area contributed by atoms with Crippen LogP contribution in [0.25, 0.3) is 0 Å². The number of carbonyl (C=O) groups is 2. The summed E-state index contributed by atoms with van der Waals surface area (Å²) in [5.41, 5.74) is 1.83. The van der Waals surface area contributed by atoms with Gasteiger partial charge in [0.15, 0.2) is 16.6 Å². The van der Waals surface area contributed by atoms with Crippen LogP contribution in [0.15, 0.2) is 60.7 Å². The Morgan fingerprint density at radius 3 is 1.61 bits per heavy atom. The lowest BCUT2D eigenvalue weighted by molar-refractivity contribution is -0.313. The minimum Gasteiger partial charge on any atom is -0.463 e. The molecule has 3 rings (SSSR count). The average molecular weight is 896 g/mol. The van der Waals surface area contributed by atoms with E-state index in [4.69, 9.17) is 57.9 Å². The van der Waals surface area contributed by atoms with E-state index < -0.39 is 82.8 Å². The maximum atomic E-state index is 11.4. The third kappa shape index (κ3) is 18.2. The molecule has 1 fully saturated rings. The fraction of sp³-hybridized carbons (Fsp3) is 0.650. The summed E-state index contributed by atoms with van der Waals surface area (Å²) in [5, 5.41) is 0. The number of carbonyl (C=O) groups excluding carboxylic acids is 2. The van der Waals surface area contributed by atoms with Crippen molar-refractivity contribution >= 4 is 53.8 Å². The molecule has 330 valence electrons. The SMILES string of the molecule is [B][C@@H]1O[C@H](CO[Si](OC(c2ccccc2)c2ccccc2)(O[Si](C)(C)C)O[Si](C)(C)C)C(OP(C)N(C(C)C)C(C)C)[C@@H]1OC(OCCOC(C)=O)OCCOC(C)=O. The highest BCUT2D eigenvalue weighted by Crippen LogP contribution is 2.46. The van der Waals surface area contributed by atoms with Crippen LogP contribution in [-0.2, 0) is 59.6 Å². The Bertz CT molecular complexity index is 1460. The van der Waals surface area contributed by atoms with E-state index in [0.29, 0.717) is 0 Å². The Kier molecular flexibility index (Phi) is 21.0. The normalized spacial score (nSPS) is 19.6. The summed E-state index contributed by atoms with van der Waals surface area (Å²) in [4.78, 5) is 22.9. The Labute approximate surface area is 358 Å². The number of esters is 2. The highest BCUT2D eigenvalue weighted by atomic mass is 31.2. The van der Waals surface area contributed by atoms with Gasteiger partial charge in [-0.25, -0.2) is 0 Å². The van der Waals surface area contributed by atoms with E-state index in [2.05, 4.69) is 71.6 Å². The summed E-state index contributed by atoms with van der Waals surface area (Å²) in [5.74, 6) is -0.918. The number of hydrogen-bond donors (Lipinski definition) is 0. The molecule has 5 atom stereocenters. The highest BCUT2D eigenvalue weighted by Gasteiger charge is 2.56. The fourth-order valence-corrected chi connectivity index (χ4v) is 16.8. The van der Waals surface area contributed by atoms with E-state index >= 15 is 0 Å². The second-order valence-electron chi connectivity index (χ2n) is 16.6. The zero-order valence-corrected chi connectivity index (χ0v) is 41.1. The molecular formula is C40H67BNO13PSi3. The molecule has 0 aromatic heterocycles. The summed E-state index contributed by atoms with van der Waals surface area (Å²) < 4.78 is 72.0. The van der Waals surface area contributed by atoms with Crippen LogP contribution in [0.2, 0.25) is 39.3 Å². The number of nitrogens with zero attached hydrogens (tertiary/aromatic N) is 1. The molecule has 1 aliphatic rings. The third-order valence-electron chi connectivity index (χ3n) is 8.31. The molecule has 0 aliphatic carbocycles. The molecule has 0 saturated carbocycles. The lowest BCUT2D eigenvalue weighted by Crippen LogP contribution is -2.60. The summed E-state index contributed by atoms with van der Waals surface area (Å²) >= 11 is 0. The van der Waals surface area contributed by atoms with Gasteiger partial charge < -0.3 is 50.0 Å². The van der Waals surface area contributed by atoms with Gasteiger partial charge in [0, 0.05) is 31.9 Å². The maximum absolute atomic E-state index is 11.4. The van der Waals surface area contributed by atoms with Gasteiger partial charge in [0.1, 0.15) is 53.8 Å². The largest absolute Gasteiger partial charge is 0.659 e. The zero-order chi connectivity index (χ0) is 44.0. The number of hydrogen-bond acceptors (Lipinski definition) is 14. The Balaban J connectivity index is 2.06. The highest BCUT2D eigenvalue weighted by molar-refractivity contribution is 7.49. The Morgan fingerprint density at radius 1 is 0.746 bits per heavy atom. The minimum atomic E-state index is -4.06. The van der Waals surface area contributed by atoms with Gasteiger partial charge in [-0.05, 0) is 84.8 Å². The molecule has 0 N–H and O–H groups in total. The first-order valence-electron chi connectivity index (χ1n) is 20.2. The van der Waals surface area contributed by atoms with Gasteiger partial charge in [0.25, 0.3) is 6.48 Å². The van der Waals surface area contributed by atoms with Gasteiger partial charge in [-0.3, -0.25) is 14.3 Å². The first-order valence-corrected chi connectivity index (χ1v) is 30.3. The van der Waals surface area contributed by atoms with Crippen LogP contribution < -0.4 is 0 Å². The zero-order valence-electron chi connectivity index (χ0n) is 37.2. The van der Waals surface area contributed by atoms with Crippen LogP contribution in [0.5, 0.6) is 0 Å². The van der Waals surface area contributed by atoms with Gasteiger partial charge in [-0.15, -0.1) is 0 Å². The van der Waals surface area contributed by atoms with E-state index in [9.17, 15) is 9.59 Å². The van der Waals surface area contributed by atoms with Gasteiger partial charge in [0.2, 0.25) is 0 Å². The second kappa shape index (κ2) is 24.1. The predicted molar refractivity (Wildman–Crippen MR) is 234 cm³/mol. The first-order chi connectivity index (χ1) is 27.6. The van der Waals surface area contributed by atoms with E-state index in [0.717, 1.165) is 11.1 Å². The van der Waals surface area contributed by atoms with Crippen LogP contribution in [-0.4, -0.2) is 133 Å². The molecule has 14 nitrogen and oxygen atoms in total. The van der Waals surface area contributed by atoms with Crippen LogP contribution in [0.4, 0.5) is 0 Å². The van der Waals surface area contributed by atoms with Crippen molar-refractivity contribution in [1.82, 2.24) is 4.67 Å². The molecule has 19 heteroatoms. The average Bonchev–Trinajstić information content (AvgIpc) is 3.41. The lowest BCUT2D eigenvalue weighted by atomic mass is 9.93. The van der Waals surface area contributed by atoms with Crippen molar-refractivity contribution in [3.63, 3.8) is 0 Å². The minimum absolute atomic E-state index is 0.0437. The summed E-state index contributed by atoms with van der Waals surface area (Å²) in [6.45, 7) is 24.0. The molecular weight excluding hydrogens is 828 g/mol. The van der Waals surface area contributed by atoms with Crippen molar-refractivity contribution < 1.29 is 59.6 Å². The monoisotopic (exact) mass is 895 g/mol. The molecule has 2 aromatic carbocycles. The van der Waals surface area contributed by atoms with Crippen molar-refractivity contribution in [3.8, 4) is 0 Å². The second-order valence-corrected chi connectivity index (χ2v) is 29.8. The molecule has 2 unspecified atom stereocenters. The number of benzene rings is 2. The molecule has 1 aliphatic heterocycles. The standard InChI is InChI=1S/C40H67BNO13PSi3/c1-29(2)42(30(3)4)56(7)52-37-35(50-39(41)38(37)51-40(47-26-24-45-31(5)43)48-27-25-46-32(6)44)28-49-59(54-57(8,9)10,55-58(11,12)13)53-36(33-20-16-14-17-21-33)34-22-18-15-19-23-34/h14-23,29-30,35-40H,24-28H2,1-13H3/t35-,37?,38+,39-,56?/m1/s1. The van der Waals surface area contributed by atoms with Gasteiger partial charge >= 0.3 is 21.0 Å². The summed E-state index contributed by atoms with van der Waals surface area (Å²) in [6.07, 6.45) is -3.10. The van der Waals surface area contributed by atoms with Crippen LogP contribution in [0, 0.1) is 0 Å². The van der Waals surface area contributed by atoms with Crippen molar-refractivity contribution in [3.05, 3.63) is 71.8 Å². The maximum Gasteiger partial charge on any atom is 0.659 e. The van der Waals surface area contributed by atoms with E-state index in [-0.39, 0.29) is 45.1 Å². The van der Waals surface area contributed by atoms with E-state index in [1.165, 1.54) is 13.8 Å². The van der Waals surface area contributed by atoms with Gasteiger partial charge in [-0.1, -0.05) is 60.7 Å². The molecule has 0 spiro atoms. The Hall–Kier alpha value is -1.87. The van der Waals surface area contributed by atoms with Crippen LogP contribution in [0.1, 0.15) is 58.8 Å². The van der Waals surface area contributed by atoms with Crippen LogP contribution in [0.3, 0.4) is 0 Å². The molecule has 2 radical (unpaired) electrons. The fourth-order valence-electron chi connectivity index (χ4n) is 6.39. The molecule has 2 aromatic rings. The van der Waals surface area contributed by atoms with E-state index in [1.807, 2.05) is 67.3 Å². The number of ether oxygens (including phenoxy) is 6. The predicted octanol–water partition coefficient (Wildman–Crippen LogP) is 7.12. The quantitative estimate of drug-likeness (QED) is 0.0312. The lowest BCUT2D eigenvalue weighted by Gasteiger charge is -2.41. The molecule has 0 bridgehead atoms. The molecule has 1 heterocycles. The van der Waals surface area contributed by atoms with E-state index in [1.54, 1.807) is 0 Å². The van der Waals surface area contributed by atoms with Crippen molar-refractivity contribution in [2.75, 3.05) is 39.7 Å². The number of rotatable bonds is 26. The Morgan fingerprint density at radius 2 is 1.20 bits per heavy atom. The van der Waals surface area contributed by atoms with Crippen molar-refractivity contribution in [2.24, 2.45) is 0 Å². The smallest absolute Gasteiger partial charge is 0.463 e. The molecule has 0 amide bonds. The topological polar surface area (TPSA) is 139 Å². The third-order valence-corrected chi connectivity index (χ3v) is 18.4. The molecule has 1 saturated heterocycles. The summed E-state index contributed by atoms with van der Waals surface area (Å²) in [7, 11) is -3.41. The first kappa shape index (κ1) is 51.5. The molecule has 59 heavy (non-hydrogen) atoms. The van der Waals surface area contributed by atoms with Crippen molar-refractivity contribution in [2.45, 2.75) is 130 Å². The van der Waals surface area contributed by atoms with Crippen LogP contribution >= 0.6 is 8.30 Å². The van der Waals surface area contributed by atoms with Gasteiger partial charge in [0.05, 0.1) is 19.8 Å².